The molecule has 1 aromatic carbocycles. The molecule has 0 spiro atoms. The SMILES string of the molecule is Cc1cccc(OCCN(C)c2ccncc2Cl)c1. The van der Waals surface area contributed by atoms with Gasteiger partial charge >= 0.3 is 0 Å². The Morgan fingerprint density at radius 3 is 2.89 bits per heavy atom. The Morgan fingerprint density at radius 2 is 2.16 bits per heavy atom. The summed E-state index contributed by atoms with van der Waals surface area (Å²) in [6, 6.07) is 9.94. The van der Waals surface area contributed by atoms with Gasteiger partial charge in [-0.05, 0) is 30.7 Å². The molecule has 0 bridgehead atoms. The molecule has 100 valence electrons. The maximum atomic E-state index is 6.09. The van der Waals surface area contributed by atoms with E-state index in [1.807, 2.05) is 31.3 Å². The molecule has 0 N–H and O–H groups in total. The summed E-state index contributed by atoms with van der Waals surface area (Å²) in [5.74, 6) is 0.897. The summed E-state index contributed by atoms with van der Waals surface area (Å²) in [5.41, 5.74) is 2.16. The molecule has 1 heterocycles. The third-order valence-electron chi connectivity index (χ3n) is 2.85. The first kappa shape index (κ1) is 13.7. The molecule has 2 rings (SSSR count). The third kappa shape index (κ3) is 3.86. The number of ether oxygens (including phenoxy) is 1. The summed E-state index contributed by atoms with van der Waals surface area (Å²) in [6.45, 7) is 3.42. The fraction of sp³-hybridized carbons (Fsp3) is 0.267. The topological polar surface area (TPSA) is 25.4 Å². The Balaban J connectivity index is 1.88. The van der Waals surface area contributed by atoms with E-state index < -0.39 is 0 Å². The maximum Gasteiger partial charge on any atom is 0.119 e. The minimum absolute atomic E-state index is 0.610. The van der Waals surface area contributed by atoms with E-state index in [-0.39, 0.29) is 0 Å². The first-order valence-electron chi connectivity index (χ1n) is 6.17. The zero-order valence-electron chi connectivity index (χ0n) is 11.1. The number of nitrogens with zero attached hydrogens (tertiary/aromatic N) is 2. The first-order chi connectivity index (χ1) is 9.16. The first-order valence-corrected chi connectivity index (χ1v) is 6.55. The lowest BCUT2D eigenvalue weighted by molar-refractivity contribution is 0.326. The monoisotopic (exact) mass is 276 g/mol. The van der Waals surface area contributed by atoms with Crippen LogP contribution >= 0.6 is 11.6 Å². The largest absolute Gasteiger partial charge is 0.492 e. The van der Waals surface area contributed by atoms with Crippen molar-refractivity contribution < 1.29 is 4.74 Å². The van der Waals surface area contributed by atoms with Crippen LogP contribution in [-0.2, 0) is 0 Å². The van der Waals surface area contributed by atoms with E-state index in [0.29, 0.717) is 11.6 Å². The molecule has 0 unspecified atom stereocenters. The summed E-state index contributed by atoms with van der Waals surface area (Å²) < 4.78 is 5.72. The van der Waals surface area contributed by atoms with Gasteiger partial charge in [0.15, 0.2) is 0 Å². The molecule has 1 aromatic heterocycles. The zero-order chi connectivity index (χ0) is 13.7. The molecule has 0 saturated carbocycles. The van der Waals surface area contributed by atoms with E-state index in [1.54, 1.807) is 12.4 Å². The number of halogens is 1. The van der Waals surface area contributed by atoms with Crippen LogP contribution in [0.4, 0.5) is 5.69 Å². The number of hydrogen-bond donors (Lipinski definition) is 0. The number of rotatable bonds is 5. The van der Waals surface area contributed by atoms with Crippen LogP contribution in [0.5, 0.6) is 5.75 Å². The lowest BCUT2D eigenvalue weighted by Crippen LogP contribution is -2.24. The molecular weight excluding hydrogens is 260 g/mol. The molecule has 0 aliphatic carbocycles. The fourth-order valence-corrected chi connectivity index (χ4v) is 2.07. The second-order valence-electron chi connectivity index (χ2n) is 4.41. The van der Waals surface area contributed by atoms with Crippen molar-refractivity contribution >= 4 is 17.3 Å². The van der Waals surface area contributed by atoms with Crippen LogP contribution in [0.3, 0.4) is 0 Å². The van der Waals surface area contributed by atoms with Gasteiger partial charge in [-0.15, -0.1) is 0 Å². The van der Waals surface area contributed by atoms with Crippen molar-refractivity contribution in [3.05, 3.63) is 53.3 Å². The van der Waals surface area contributed by atoms with Crippen LogP contribution < -0.4 is 9.64 Å². The lowest BCUT2D eigenvalue weighted by Gasteiger charge is -2.20. The normalized spacial score (nSPS) is 10.3. The number of benzene rings is 1. The standard InChI is InChI=1S/C15H17ClN2O/c1-12-4-3-5-13(10-12)19-9-8-18(2)15-6-7-17-11-14(15)16/h3-7,10-11H,8-9H2,1-2H3. The number of pyridine rings is 1. The van der Waals surface area contributed by atoms with Gasteiger partial charge in [0.05, 0.1) is 17.3 Å². The number of anilines is 1. The van der Waals surface area contributed by atoms with Gasteiger partial charge in [-0.3, -0.25) is 4.98 Å². The van der Waals surface area contributed by atoms with Gasteiger partial charge in [0.2, 0.25) is 0 Å². The van der Waals surface area contributed by atoms with E-state index in [1.165, 1.54) is 5.56 Å². The average Bonchev–Trinajstić information content (AvgIpc) is 2.39. The molecule has 19 heavy (non-hydrogen) atoms. The Morgan fingerprint density at radius 1 is 1.32 bits per heavy atom. The third-order valence-corrected chi connectivity index (χ3v) is 3.14. The number of aryl methyl sites for hydroxylation is 1. The van der Waals surface area contributed by atoms with Crippen LogP contribution in [0.25, 0.3) is 0 Å². The minimum atomic E-state index is 0.610. The molecule has 0 aliphatic heterocycles. The van der Waals surface area contributed by atoms with E-state index in [2.05, 4.69) is 22.9 Å². The van der Waals surface area contributed by atoms with Crippen LogP contribution in [0.2, 0.25) is 5.02 Å². The number of hydrogen-bond acceptors (Lipinski definition) is 3. The Kier molecular flexibility index (Phi) is 4.63. The summed E-state index contributed by atoms with van der Waals surface area (Å²) in [6.07, 6.45) is 3.38. The van der Waals surface area contributed by atoms with Gasteiger partial charge in [-0.25, -0.2) is 0 Å². The Labute approximate surface area is 118 Å². The number of aromatic nitrogens is 1. The number of likely N-dealkylation sites (N-methyl/N-ethyl adjacent to an activating group) is 1. The minimum Gasteiger partial charge on any atom is -0.492 e. The summed E-state index contributed by atoms with van der Waals surface area (Å²) in [5, 5.41) is 0.653. The van der Waals surface area contributed by atoms with Gasteiger partial charge in [0.25, 0.3) is 0 Å². The van der Waals surface area contributed by atoms with Crippen molar-refractivity contribution in [1.82, 2.24) is 4.98 Å². The molecule has 0 saturated heterocycles. The van der Waals surface area contributed by atoms with Crippen molar-refractivity contribution in [3.8, 4) is 5.75 Å². The summed E-state index contributed by atoms with van der Waals surface area (Å²) in [7, 11) is 1.99. The zero-order valence-corrected chi connectivity index (χ0v) is 11.9. The highest BCUT2D eigenvalue weighted by Gasteiger charge is 2.05. The molecule has 0 aliphatic rings. The van der Waals surface area contributed by atoms with Gasteiger partial charge in [0, 0.05) is 19.4 Å². The van der Waals surface area contributed by atoms with E-state index in [0.717, 1.165) is 18.0 Å². The van der Waals surface area contributed by atoms with Crippen molar-refractivity contribution in [1.29, 1.82) is 0 Å². The van der Waals surface area contributed by atoms with E-state index >= 15 is 0 Å². The highest BCUT2D eigenvalue weighted by atomic mass is 35.5. The van der Waals surface area contributed by atoms with Gasteiger partial charge < -0.3 is 9.64 Å². The van der Waals surface area contributed by atoms with Crippen molar-refractivity contribution in [2.45, 2.75) is 6.92 Å². The molecule has 0 fully saturated rings. The average molecular weight is 277 g/mol. The van der Waals surface area contributed by atoms with Crippen molar-refractivity contribution in [2.75, 3.05) is 25.1 Å². The van der Waals surface area contributed by atoms with Gasteiger partial charge in [-0.1, -0.05) is 23.7 Å². The second-order valence-corrected chi connectivity index (χ2v) is 4.82. The summed E-state index contributed by atoms with van der Waals surface area (Å²) in [4.78, 5) is 6.03. The predicted molar refractivity (Wildman–Crippen MR) is 79.2 cm³/mol. The Hall–Kier alpha value is -1.74. The fourth-order valence-electron chi connectivity index (χ4n) is 1.80. The lowest BCUT2D eigenvalue weighted by atomic mass is 10.2. The highest BCUT2D eigenvalue weighted by molar-refractivity contribution is 6.33. The molecule has 2 aromatic rings. The van der Waals surface area contributed by atoms with E-state index in [9.17, 15) is 0 Å². The summed E-state index contributed by atoms with van der Waals surface area (Å²) >= 11 is 6.09. The van der Waals surface area contributed by atoms with Crippen molar-refractivity contribution in [2.24, 2.45) is 0 Å². The molecular formula is C15H17ClN2O. The highest BCUT2D eigenvalue weighted by Crippen LogP contribution is 2.22. The molecule has 0 radical (unpaired) electrons. The molecule has 4 heteroatoms. The van der Waals surface area contributed by atoms with Crippen LogP contribution in [0, 0.1) is 6.92 Å². The van der Waals surface area contributed by atoms with Crippen molar-refractivity contribution in [3.63, 3.8) is 0 Å². The second kappa shape index (κ2) is 6.43. The Bertz CT molecular complexity index is 545. The molecule has 3 nitrogen and oxygen atoms in total. The van der Waals surface area contributed by atoms with Crippen LogP contribution in [0.15, 0.2) is 42.7 Å². The molecule has 0 atom stereocenters. The van der Waals surface area contributed by atoms with Gasteiger partial charge in [0.1, 0.15) is 12.4 Å². The predicted octanol–water partition coefficient (Wildman–Crippen LogP) is 3.56. The van der Waals surface area contributed by atoms with E-state index in [4.69, 9.17) is 16.3 Å². The van der Waals surface area contributed by atoms with Gasteiger partial charge in [-0.2, -0.15) is 0 Å². The maximum absolute atomic E-state index is 6.09. The smallest absolute Gasteiger partial charge is 0.119 e. The van der Waals surface area contributed by atoms with Crippen LogP contribution in [0.1, 0.15) is 5.56 Å². The quantitative estimate of drug-likeness (QED) is 0.835. The van der Waals surface area contributed by atoms with Crippen LogP contribution in [-0.4, -0.2) is 25.2 Å². The molecule has 0 amide bonds.